The second kappa shape index (κ2) is 8.16. The zero-order valence-corrected chi connectivity index (χ0v) is 15.7. The van der Waals surface area contributed by atoms with Gasteiger partial charge in [-0.3, -0.25) is 9.78 Å². The smallest absolute Gasteiger partial charge is 0.228 e. The minimum absolute atomic E-state index is 0.121. The molecule has 26 heavy (non-hydrogen) atoms. The highest BCUT2D eigenvalue weighted by atomic mass is 35.5. The van der Waals surface area contributed by atoms with Crippen molar-refractivity contribution in [3.63, 3.8) is 0 Å². The van der Waals surface area contributed by atoms with Gasteiger partial charge < -0.3 is 5.32 Å². The van der Waals surface area contributed by atoms with E-state index in [0.29, 0.717) is 35.7 Å². The summed E-state index contributed by atoms with van der Waals surface area (Å²) in [5, 5.41) is 3.31. The van der Waals surface area contributed by atoms with Crippen LogP contribution in [0, 0.1) is 5.92 Å². The summed E-state index contributed by atoms with van der Waals surface area (Å²) in [5.41, 5.74) is 1.25. The highest BCUT2D eigenvalue weighted by Crippen LogP contribution is 2.23. The lowest BCUT2D eigenvalue weighted by Crippen LogP contribution is -2.44. The number of hydrogen-bond donors (Lipinski definition) is 1. The van der Waals surface area contributed by atoms with Gasteiger partial charge in [-0.2, -0.15) is 0 Å². The molecule has 138 valence electrons. The molecule has 0 bridgehead atoms. The van der Waals surface area contributed by atoms with Gasteiger partial charge in [-0.25, -0.2) is 12.7 Å². The number of hydrogen-bond acceptors (Lipinski definition) is 4. The average Bonchev–Trinajstić information content (AvgIpc) is 2.62. The first-order chi connectivity index (χ1) is 12.4. The third kappa shape index (κ3) is 4.81. The molecule has 6 nitrogen and oxygen atoms in total. The van der Waals surface area contributed by atoms with E-state index in [-0.39, 0.29) is 24.1 Å². The summed E-state index contributed by atoms with van der Waals surface area (Å²) in [5.74, 6) is -0.677. The summed E-state index contributed by atoms with van der Waals surface area (Å²) >= 11 is 5.93. The SMILES string of the molecule is O=C(Nc1cccnc1)[C@@H]1CCCN(S(=O)(=O)Cc2cccc(Cl)c2)C1. The van der Waals surface area contributed by atoms with Gasteiger partial charge in [0.15, 0.2) is 0 Å². The number of anilines is 1. The van der Waals surface area contributed by atoms with Gasteiger partial charge in [-0.05, 0) is 42.7 Å². The maximum Gasteiger partial charge on any atom is 0.228 e. The third-order valence-electron chi connectivity index (χ3n) is 4.32. The number of aromatic nitrogens is 1. The van der Waals surface area contributed by atoms with Crippen LogP contribution in [0.3, 0.4) is 0 Å². The van der Waals surface area contributed by atoms with Gasteiger partial charge in [0, 0.05) is 24.3 Å². The number of carbonyl (C=O) groups excluding carboxylic acids is 1. The molecule has 1 amide bonds. The minimum atomic E-state index is -3.51. The van der Waals surface area contributed by atoms with Crippen molar-refractivity contribution in [1.29, 1.82) is 0 Å². The molecule has 1 aromatic carbocycles. The monoisotopic (exact) mass is 393 g/mol. The summed E-state index contributed by atoms with van der Waals surface area (Å²) in [6.45, 7) is 0.620. The molecule has 2 heterocycles. The largest absolute Gasteiger partial charge is 0.324 e. The Balaban J connectivity index is 1.66. The van der Waals surface area contributed by atoms with Crippen LogP contribution in [-0.2, 0) is 20.6 Å². The van der Waals surface area contributed by atoms with E-state index in [1.54, 1.807) is 48.8 Å². The highest BCUT2D eigenvalue weighted by molar-refractivity contribution is 7.88. The van der Waals surface area contributed by atoms with E-state index in [4.69, 9.17) is 11.6 Å². The van der Waals surface area contributed by atoms with Gasteiger partial charge >= 0.3 is 0 Å². The summed E-state index contributed by atoms with van der Waals surface area (Å²) in [4.78, 5) is 16.4. The lowest BCUT2D eigenvalue weighted by atomic mass is 9.99. The predicted molar refractivity (Wildman–Crippen MR) is 101 cm³/mol. The summed E-state index contributed by atoms with van der Waals surface area (Å²) in [7, 11) is -3.51. The van der Waals surface area contributed by atoms with Crippen LogP contribution in [0.15, 0.2) is 48.8 Å². The topological polar surface area (TPSA) is 79.4 Å². The van der Waals surface area contributed by atoms with Crippen molar-refractivity contribution in [2.24, 2.45) is 5.92 Å². The van der Waals surface area contributed by atoms with Gasteiger partial charge in [-0.1, -0.05) is 23.7 Å². The molecule has 0 unspecified atom stereocenters. The number of pyridine rings is 1. The summed E-state index contributed by atoms with van der Waals surface area (Å²) in [6, 6.07) is 10.3. The van der Waals surface area contributed by atoms with E-state index >= 15 is 0 Å². The quantitative estimate of drug-likeness (QED) is 0.847. The Bertz CT molecular complexity index is 874. The predicted octanol–water partition coefficient (Wildman–Crippen LogP) is 2.92. The number of carbonyl (C=O) groups is 1. The van der Waals surface area contributed by atoms with E-state index in [2.05, 4.69) is 10.3 Å². The van der Waals surface area contributed by atoms with Crippen molar-refractivity contribution in [3.8, 4) is 0 Å². The number of benzene rings is 1. The van der Waals surface area contributed by atoms with Crippen molar-refractivity contribution in [2.45, 2.75) is 18.6 Å². The van der Waals surface area contributed by atoms with Crippen LogP contribution >= 0.6 is 11.6 Å². The molecule has 1 aliphatic heterocycles. The van der Waals surface area contributed by atoms with E-state index in [1.807, 2.05) is 0 Å². The Morgan fingerprint density at radius 1 is 1.31 bits per heavy atom. The Kier molecular flexibility index (Phi) is 5.90. The van der Waals surface area contributed by atoms with Crippen molar-refractivity contribution >= 4 is 33.2 Å². The van der Waals surface area contributed by atoms with Crippen LogP contribution in [-0.4, -0.2) is 36.7 Å². The number of amides is 1. The molecule has 1 aliphatic rings. The molecule has 2 aromatic rings. The molecule has 3 rings (SSSR count). The molecule has 1 fully saturated rings. The molecule has 1 N–H and O–H groups in total. The van der Waals surface area contributed by atoms with Gasteiger partial charge in [0.2, 0.25) is 15.9 Å². The van der Waals surface area contributed by atoms with Crippen LogP contribution in [0.1, 0.15) is 18.4 Å². The average molecular weight is 394 g/mol. The van der Waals surface area contributed by atoms with E-state index < -0.39 is 10.0 Å². The molecular formula is C18H20ClN3O3S. The lowest BCUT2D eigenvalue weighted by molar-refractivity contribution is -0.120. The molecule has 0 saturated carbocycles. The maximum absolute atomic E-state index is 12.7. The normalized spacial score (nSPS) is 18.4. The van der Waals surface area contributed by atoms with E-state index in [9.17, 15) is 13.2 Å². The Labute approximate surface area is 158 Å². The molecule has 0 spiro atoms. The fourth-order valence-corrected chi connectivity index (χ4v) is 4.83. The lowest BCUT2D eigenvalue weighted by Gasteiger charge is -2.31. The fraction of sp³-hybridized carbons (Fsp3) is 0.333. The molecular weight excluding hydrogens is 374 g/mol. The molecule has 1 aromatic heterocycles. The van der Waals surface area contributed by atoms with Crippen LogP contribution in [0.2, 0.25) is 5.02 Å². The number of nitrogens with zero attached hydrogens (tertiary/aromatic N) is 2. The van der Waals surface area contributed by atoms with E-state index in [0.717, 1.165) is 0 Å². The van der Waals surface area contributed by atoms with Crippen LogP contribution in [0.25, 0.3) is 0 Å². The van der Waals surface area contributed by atoms with Crippen molar-refractivity contribution in [2.75, 3.05) is 18.4 Å². The van der Waals surface area contributed by atoms with Crippen LogP contribution in [0.5, 0.6) is 0 Å². The Morgan fingerprint density at radius 3 is 2.88 bits per heavy atom. The summed E-state index contributed by atoms with van der Waals surface area (Å²) in [6.07, 6.45) is 4.50. The molecule has 0 aliphatic carbocycles. The van der Waals surface area contributed by atoms with Crippen LogP contribution in [0.4, 0.5) is 5.69 Å². The second-order valence-corrected chi connectivity index (χ2v) is 8.72. The number of piperidine rings is 1. The first-order valence-electron chi connectivity index (χ1n) is 8.37. The van der Waals surface area contributed by atoms with Crippen molar-refractivity contribution < 1.29 is 13.2 Å². The van der Waals surface area contributed by atoms with Gasteiger partial charge in [0.25, 0.3) is 0 Å². The zero-order chi connectivity index (χ0) is 18.6. The zero-order valence-electron chi connectivity index (χ0n) is 14.1. The number of halogens is 1. The number of nitrogens with one attached hydrogen (secondary N) is 1. The molecule has 0 radical (unpaired) electrons. The van der Waals surface area contributed by atoms with E-state index in [1.165, 1.54) is 4.31 Å². The first kappa shape index (κ1) is 18.8. The molecule has 8 heteroatoms. The Morgan fingerprint density at radius 2 is 2.15 bits per heavy atom. The van der Waals surface area contributed by atoms with Crippen molar-refractivity contribution in [3.05, 3.63) is 59.4 Å². The van der Waals surface area contributed by atoms with Crippen LogP contribution < -0.4 is 5.32 Å². The first-order valence-corrected chi connectivity index (χ1v) is 10.4. The van der Waals surface area contributed by atoms with Gasteiger partial charge in [0.1, 0.15) is 0 Å². The number of rotatable bonds is 5. The van der Waals surface area contributed by atoms with Gasteiger partial charge in [0.05, 0.1) is 23.6 Å². The van der Waals surface area contributed by atoms with Gasteiger partial charge in [-0.15, -0.1) is 0 Å². The third-order valence-corrected chi connectivity index (χ3v) is 6.37. The summed E-state index contributed by atoms with van der Waals surface area (Å²) < 4.78 is 26.9. The number of sulfonamides is 1. The minimum Gasteiger partial charge on any atom is -0.324 e. The maximum atomic E-state index is 12.7. The highest BCUT2D eigenvalue weighted by Gasteiger charge is 2.32. The van der Waals surface area contributed by atoms with Crippen molar-refractivity contribution in [1.82, 2.24) is 9.29 Å². The Hall–Kier alpha value is -1.96. The fourth-order valence-electron chi connectivity index (χ4n) is 3.02. The second-order valence-electron chi connectivity index (χ2n) is 6.31. The standard InChI is InChI=1S/C18H20ClN3O3S/c19-16-6-1-4-14(10-16)13-26(24,25)22-9-3-5-15(12-22)18(23)21-17-7-2-8-20-11-17/h1-2,4,6-8,10-11,15H,3,5,9,12-13H2,(H,21,23)/t15-/m1/s1. The molecule has 1 saturated heterocycles. The molecule has 1 atom stereocenters.